The van der Waals surface area contributed by atoms with E-state index in [1.807, 2.05) is 42.5 Å². The van der Waals surface area contributed by atoms with E-state index in [0.29, 0.717) is 5.75 Å². The van der Waals surface area contributed by atoms with Gasteiger partial charge in [-0.1, -0.05) is 66.7 Å². The Bertz CT molecular complexity index is 1100. The maximum atomic E-state index is 11.8. The molecule has 122 valence electrons. The molecule has 0 aliphatic rings. The van der Waals surface area contributed by atoms with Crippen LogP contribution in [0.2, 0.25) is 0 Å². The molecule has 4 aromatic carbocycles. The molecule has 0 fully saturated rings. The first-order valence-electron chi connectivity index (χ1n) is 8.34. The van der Waals surface area contributed by atoms with Crippen molar-refractivity contribution in [3.63, 3.8) is 0 Å². The zero-order chi connectivity index (χ0) is 17.4. The summed E-state index contributed by atoms with van der Waals surface area (Å²) >= 11 is 0. The lowest BCUT2D eigenvalue weighted by molar-refractivity contribution is -0.131. The van der Waals surface area contributed by atoms with Crippen LogP contribution in [0.3, 0.4) is 0 Å². The Labute approximate surface area is 146 Å². The normalized spacial score (nSPS) is 11.0. The molecule has 0 atom stereocenters. The molecule has 4 rings (SSSR count). The number of carbonyl (C=O) groups excluding carboxylic acids is 1. The van der Waals surface area contributed by atoms with Gasteiger partial charge in [0.15, 0.2) is 0 Å². The van der Waals surface area contributed by atoms with Gasteiger partial charge in [-0.3, -0.25) is 4.79 Å². The lowest BCUT2D eigenvalue weighted by Gasteiger charge is -2.16. The van der Waals surface area contributed by atoms with E-state index in [1.54, 1.807) is 0 Å². The van der Waals surface area contributed by atoms with E-state index in [2.05, 4.69) is 37.3 Å². The number of benzene rings is 4. The number of rotatable bonds is 2. The minimum absolute atomic E-state index is 0.307. The topological polar surface area (TPSA) is 26.3 Å². The Balaban J connectivity index is 2.20. The van der Waals surface area contributed by atoms with Crippen molar-refractivity contribution in [3.05, 3.63) is 78.4 Å². The molecule has 0 N–H and O–H groups in total. The third-order valence-corrected chi connectivity index (χ3v) is 4.50. The smallest absolute Gasteiger partial charge is 0.308 e. The van der Waals surface area contributed by atoms with E-state index in [1.165, 1.54) is 6.92 Å². The number of aryl methyl sites for hydroxylation is 1. The van der Waals surface area contributed by atoms with Crippen LogP contribution < -0.4 is 4.74 Å². The summed E-state index contributed by atoms with van der Waals surface area (Å²) in [5.41, 5.74) is 3.39. The van der Waals surface area contributed by atoms with Crippen LogP contribution in [-0.4, -0.2) is 5.97 Å². The van der Waals surface area contributed by atoms with Gasteiger partial charge in [-0.25, -0.2) is 0 Å². The monoisotopic (exact) mass is 326 g/mol. The zero-order valence-corrected chi connectivity index (χ0v) is 14.2. The van der Waals surface area contributed by atoms with Crippen molar-refractivity contribution in [2.24, 2.45) is 0 Å². The molecular formula is C23H18O2. The Morgan fingerprint density at radius 3 is 2.32 bits per heavy atom. The number of esters is 1. The van der Waals surface area contributed by atoms with Crippen molar-refractivity contribution < 1.29 is 9.53 Å². The zero-order valence-electron chi connectivity index (χ0n) is 14.2. The Kier molecular flexibility index (Phi) is 3.73. The minimum Gasteiger partial charge on any atom is -0.425 e. The van der Waals surface area contributed by atoms with Gasteiger partial charge < -0.3 is 4.74 Å². The van der Waals surface area contributed by atoms with E-state index in [0.717, 1.165) is 38.2 Å². The molecule has 0 amide bonds. The number of fused-ring (bicyclic) bond motifs is 2. The van der Waals surface area contributed by atoms with Gasteiger partial charge in [0.1, 0.15) is 5.75 Å². The first-order chi connectivity index (χ1) is 12.1. The van der Waals surface area contributed by atoms with Crippen LogP contribution >= 0.6 is 0 Å². The van der Waals surface area contributed by atoms with Gasteiger partial charge in [-0.15, -0.1) is 0 Å². The second-order valence-electron chi connectivity index (χ2n) is 6.24. The molecule has 0 aliphatic carbocycles. The Morgan fingerprint density at radius 2 is 1.56 bits per heavy atom. The maximum absolute atomic E-state index is 11.8. The summed E-state index contributed by atoms with van der Waals surface area (Å²) in [6, 6.07) is 24.6. The molecule has 0 bridgehead atoms. The summed E-state index contributed by atoms with van der Waals surface area (Å²) in [6.45, 7) is 3.54. The van der Waals surface area contributed by atoms with Crippen molar-refractivity contribution in [2.75, 3.05) is 0 Å². The van der Waals surface area contributed by atoms with Crippen LogP contribution in [0.1, 0.15) is 12.5 Å². The summed E-state index contributed by atoms with van der Waals surface area (Å²) < 4.78 is 5.72. The summed E-state index contributed by atoms with van der Waals surface area (Å²) in [5, 5.41) is 4.07. The molecule has 0 saturated heterocycles. The number of carbonyl (C=O) groups is 1. The van der Waals surface area contributed by atoms with Crippen LogP contribution in [0, 0.1) is 6.92 Å². The van der Waals surface area contributed by atoms with E-state index < -0.39 is 0 Å². The van der Waals surface area contributed by atoms with E-state index in [9.17, 15) is 4.79 Å². The summed E-state index contributed by atoms with van der Waals surface area (Å²) in [7, 11) is 0. The highest BCUT2D eigenvalue weighted by Gasteiger charge is 2.16. The standard InChI is InChI=1S/C23H18O2/c1-15-12-13-19-14-18-10-6-7-11-20(18)23(25-16(2)24)22(19)21(15)17-8-4-3-5-9-17/h3-14H,1-2H3. The highest BCUT2D eigenvalue weighted by Crippen LogP contribution is 2.42. The third-order valence-electron chi connectivity index (χ3n) is 4.50. The average molecular weight is 326 g/mol. The average Bonchev–Trinajstić information content (AvgIpc) is 2.62. The minimum atomic E-state index is -0.307. The molecule has 0 saturated carbocycles. The molecule has 0 aliphatic heterocycles. The molecule has 2 nitrogen and oxygen atoms in total. The fraction of sp³-hybridized carbons (Fsp3) is 0.0870. The van der Waals surface area contributed by atoms with Gasteiger partial charge in [-0.2, -0.15) is 0 Å². The molecule has 4 aromatic rings. The maximum Gasteiger partial charge on any atom is 0.308 e. The molecule has 0 radical (unpaired) electrons. The van der Waals surface area contributed by atoms with Gasteiger partial charge >= 0.3 is 5.97 Å². The molecule has 0 aromatic heterocycles. The van der Waals surface area contributed by atoms with Gasteiger partial charge in [0.05, 0.1) is 0 Å². The van der Waals surface area contributed by atoms with Crippen molar-refractivity contribution in [3.8, 4) is 16.9 Å². The SMILES string of the molecule is CC(=O)Oc1c2ccccc2cc2ccc(C)c(-c3ccccc3)c12. The van der Waals surface area contributed by atoms with Crippen LogP contribution in [0.4, 0.5) is 0 Å². The van der Waals surface area contributed by atoms with E-state index in [-0.39, 0.29) is 5.97 Å². The predicted octanol–water partition coefficient (Wildman–Crippen LogP) is 5.89. The van der Waals surface area contributed by atoms with Crippen LogP contribution in [-0.2, 0) is 4.79 Å². The number of ether oxygens (including phenoxy) is 1. The molecular weight excluding hydrogens is 308 g/mol. The van der Waals surface area contributed by atoms with Gasteiger partial charge in [-0.05, 0) is 40.5 Å². The molecule has 0 heterocycles. The Morgan fingerprint density at radius 1 is 0.840 bits per heavy atom. The lowest BCUT2D eigenvalue weighted by Crippen LogP contribution is -2.03. The van der Waals surface area contributed by atoms with Crippen LogP contribution in [0.25, 0.3) is 32.7 Å². The van der Waals surface area contributed by atoms with Crippen molar-refractivity contribution in [1.29, 1.82) is 0 Å². The first-order valence-corrected chi connectivity index (χ1v) is 8.34. The fourth-order valence-corrected chi connectivity index (χ4v) is 3.45. The third kappa shape index (κ3) is 2.66. The number of hydrogen-bond donors (Lipinski definition) is 0. The van der Waals surface area contributed by atoms with Crippen molar-refractivity contribution in [1.82, 2.24) is 0 Å². The molecule has 0 unspecified atom stereocenters. The van der Waals surface area contributed by atoms with Crippen molar-refractivity contribution >= 4 is 27.5 Å². The molecule has 0 spiro atoms. The lowest BCUT2D eigenvalue weighted by atomic mass is 9.91. The van der Waals surface area contributed by atoms with E-state index in [4.69, 9.17) is 4.74 Å². The summed E-state index contributed by atoms with van der Waals surface area (Å²) in [4.78, 5) is 11.8. The van der Waals surface area contributed by atoms with Crippen molar-refractivity contribution in [2.45, 2.75) is 13.8 Å². The quantitative estimate of drug-likeness (QED) is 0.261. The highest BCUT2D eigenvalue weighted by atomic mass is 16.5. The summed E-state index contributed by atoms with van der Waals surface area (Å²) in [6.07, 6.45) is 0. The second kappa shape index (κ2) is 6.06. The number of hydrogen-bond acceptors (Lipinski definition) is 2. The summed E-state index contributed by atoms with van der Waals surface area (Å²) in [5.74, 6) is 0.335. The van der Waals surface area contributed by atoms with Crippen LogP contribution in [0.5, 0.6) is 5.75 Å². The molecule has 2 heteroatoms. The predicted molar refractivity (Wildman–Crippen MR) is 103 cm³/mol. The molecule has 25 heavy (non-hydrogen) atoms. The highest BCUT2D eigenvalue weighted by molar-refractivity contribution is 6.12. The first kappa shape index (κ1) is 15.4. The fourth-order valence-electron chi connectivity index (χ4n) is 3.45. The Hall–Kier alpha value is -3.13. The van der Waals surface area contributed by atoms with E-state index >= 15 is 0 Å². The largest absolute Gasteiger partial charge is 0.425 e. The van der Waals surface area contributed by atoms with Gasteiger partial charge in [0.2, 0.25) is 0 Å². The van der Waals surface area contributed by atoms with Gasteiger partial charge in [0, 0.05) is 17.7 Å². The van der Waals surface area contributed by atoms with Gasteiger partial charge in [0.25, 0.3) is 0 Å². The second-order valence-corrected chi connectivity index (χ2v) is 6.24. The van der Waals surface area contributed by atoms with Crippen LogP contribution in [0.15, 0.2) is 72.8 Å².